The smallest absolute Gasteiger partial charge is 0.420 e. The van der Waals surface area contributed by atoms with E-state index in [0.29, 0.717) is 12.8 Å². The summed E-state index contributed by atoms with van der Waals surface area (Å²) in [5.41, 5.74) is -1.83. The minimum Gasteiger partial charge on any atom is -0.497 e. The largest absolute Gasteiger partial charge is 0.497 e. The minimum atomic E-state index is -4.66. The van der Waals surface area contributed by atoms with Gasteiger partial charge in [-0.15, -0.1) is 0 Å². The molecule has 2 N–H and O–H groups in total. The molecule has 0 radical (unpaired) electrons. The predicted octanol–water partition coefficient (Wildman–Crippen LogP) is 3.23. The average Bonchev–Trinajstić information content (AvgIpc) is 3.65. The van der Waals surface area contributed by atoms with Crippen LogP contribution < -0.4 is 20.1 Å². The molecule has 1 unspecified atom stereocenters. The number of carbonyl (C=O) groups excluding carboxylic acids is 2. The molecular formula is C23H21F3N6O4. The first-order valence-corrected chi connectivity index (χ1v) is 10.7. The molecule has 10 nitrogen and oxygen atoms in total. The molecule has 1 fully saturated rings. The van der Waals surface area contributed by atoms with Crippen LogP contribution in [0.5, 0.6) is 17.2 Å². The number of hydrogen-bond acceptors (Lipinski definition) is 8. The van der Waals surface area contributed by atoms with Crippen molar-refractivity contribution in [2.24, 2.45) is 0 Å². The van der Waals surface area contributed by atoms with Gasteiger partial charge in [0.1, 0.15) is 34.8 Å². The van der Waals surface area contributed by atoms with Gasteiger partial charge in [-0.3, -0.25) is 9.59 Å². The van der Waals surface area contributed by atoms with Gasteiger partial charge in [0.15, 0.2) is 5.75 Å². The Bertz CT molecular complexity index is 1250. The van der Waals surface area contributed by atoms with E-state index < -0.39 is 40.9 Å². The molecule has 1 aliphatic carbocycles. The first kappa shape index (κ1) is 24.8. The van der Waals surface area contributed by atoms with Crippen molar-refractivity contribution in [3.05, 3.63) is 66.3 Å². The molecule has 2 heterocycles. The number of rotatable bonds is 8. The highest BCUT2D eigenvalue weighted by Gasteiger charge is 2.51. The second kappa shape index (κ2) is 9.76. The number of carbonyl (C=O) groups is 2. The highest BCUT2D eigenvalue weighted by molar-refractivity contribution is 6.00. The summed E-state index contributed by atoms with van der Waals surface area (Å²) in [4.78, 5) is 41.0. The minimum absolute atomic E-state index is 0.0241. The Morgan fingerprint density at radius 3 is 2.31 bits per heavy atom. The summed E-state index contributed by atoms with van der Waals surface area (Å²) in [6, 6.07) is 2.67. The first-order valence-electron chi connectivity index (χ1n) is 10.7. The summed E-state index contributed by atoms with van der Waals surface area (Å²) >= 11 is 0. The molecule has 1 atom stereocenters. The highest BCUT2D eigenvalue weighted by atomic mass is 19.4. The lowest BCUT2D eigenvalue weighted by Gasteiger charge is -2.20. The van der Waals surface area contributed by atoms with Gasteiger partial charge in [0.2, 0.25) is 5.91 Å². The first-order chi connectivity index (χ1) is 17.1. The van der Waals surface area contributed by atoms with Crippen LogP contribution in [0.15, 0.2) is 49.3 Å². The molecular weight excluding hydrogens is 481 g/mol. The number of nitrogens with zero attached hydrogens (tertiary/aromatic N) is 4. The van der Waals surface area contributed by atoms with E-state index in [1.54, 1.807) is 6.92 Å². The van der Waals surface area contributed by atoms with Crippen molar-refractivity contribution < 1.29 is 32.2 Å². The fourth-order valence-corrected chi connectivity index (χ4v) is 3.32. The van der Waals surface area contributed by atoms with Crippen LogP contribution in [0.1, 0.15) is 47.6 Å². The number of nitrogens with one attached hydrogen (secondary N) is 2. The zero-order valence-corrected chi connectivity index (χ0v) is 19.2. The number of alkyl halides is 3. The standard InChI is InChI=1S/C23H21F3N6O4/c1-13(31-21(34)22(5-6-22)32-20(33)14-8-27-12-28-9-14)19-29-10-16(11-30-19)36-18-4-3-15(35-2)7-17(18)23(24,25)26/h3-4,7-13H,5-6H2,1-2H3,(H,31,34)(H,32,33). The average molecular weight is 502 g/mol. The van der Waals surface area contributed by atoms with Crippen molar-refractivity contribution in [1.82, 2.24) is 30.6 Å². The molecule has 36 heavy (non-hydrogen) atoms. The van der Waals surface area contributed by atoms with Crippen molar-refractivity contribution in [1.29, 1.82) is 0 Å². The van der Waals surface area contributed by atoms with Crippen LogP contribution in [0, 0.1) is 0 Å². The SMILES string of the molecule is COc1ccc(Oc2cnc(C(C)NC(=O)C3(NC(=O)c4cncnc4)CC3)nc2)c(C(F)(F)F)c1. The van der Waals surface area contributed by atoms with E-state index in [-0.39, 0.29) is 22.9 Å². The molecule has 1 aliphatic rings. The van der Waals surface area contributed by atoms with Gasteiger partial charge in [0.05, 0.1) is 31.1 Å². The summed E-state index contributed by atoms with van der Waals surface area (Å²) in [6.07, 6.45) is 2.66. The molecule has 188 valence electrons. The normalized spacial score (nSPS) is 14.9. The fraction of sp³-hybridized carbons (Fsp3) is 0.304. The fourth-order valence-electron chi connectivity index (χ4n) is 3.32. The zero-order chi connectivity index (χ0) is 25.9. The van der Waals surface area contributed by atoms with E-state index in [2.05, 4.69) is 30.6 Å². The quantitative estimate of drug-likeness (QED) is 0.481. The van der Waals surface area contributed by atoms with Crippen LogP contribution in [-0.2, 0) is 11.0 Å². The second-order valence-electron chi connectivity index (χ2n) is 8.10. The van der Waals surface area contributed by atoms with Gasteiger partial charge >= 0.3 is 6.18 Å². The maximum atomic E-state index is 13.4. The lowest BCUT2D eigenvalue weighted by molar-refractivity contribution is -0.138. The molecule has 0 spiro atoms. The molecule has 0 aliphatic heterocycles. The number of hydrogen-bond donors (Lipinski definition) is 2. The molecule has 0 saturated heterocycles. The third kappa shape index (κ3) is 5.50. The van der Waals surface area contributed by atoms with E-state index in [9.17, 15) is 22.8 Å². The van der Waals surface area contributed by atoms with Gasteiger partial charge in [0, 0.05) is 12.4 Å². The number of amides is 2. The van der Waals surface area contributed by atoms with E-state index in [4.69, 9.17) is 9.47 Å². The number of halogens is 3. The summed E-state index contributed by atoms with van der Waals surface area (Å²) in [5, 5.41) is 5.46. The Morgan fingerprint density at radius 1 is 1.06 bits per heavy atom. The Hall–Kier alpha value is -4.29. The lowest BCUT2D eigenvalue weighted by atomic mass is 10.2. The molecule has 2 aromatic heterocycles. The van der Waals surface area contributed by atoms with Crippen molar-refractivity contribution in [2.75, 3.05) is 7.11 Å². The number of methoxy groups -OCH3 is 1. The molecule has 1 saturated carbocycles. The Kier molecular flexibility index (Phi) is 6.73. The number of ether oxygens (including phenoxy) is 2. The van der Waals surface area contributed by atoms with E-state index in [1.807, 2.05) is 0 Å². The maximum Gasteiger partial charge on any atom is 0.420 e. The lowest BCUT2D eigenvalue weighted by Crippen LogP contribution is -2.49. The van der Waals surface area contributed by atoms with Crippen LogP contribution in [0.4, 0.5) is 13.2 Å². The number of aromatic nitrogens is 4. The van der Waals surface area contributed by atoms with Gasteiger partial charge in [-0.25, -0.2) is 19.9 Å². The highest BCUT2D eigenvalue weighted by Crippen LogP contribution is 2.40. The topological polar surface area (TPSA) is 128 Å². The monoisotopic (exact) mass is 502 g/mol. The Morgan fingerprint density at radius 2 is 1.72 bits per heavy atom. The second-order valence-corrected chi connectivity index (χ2v) is 8.10. The van der Waals surface area contributed by atoms with Gasteiger partial charge < -0.3 is 20.1 Å². The maximum absolute atomic E-state index is 13.4. The summed E-state index contributed by atoms with van der Waals surface area (Å²) in [6.45, 7) is 1.64. The molecule has 0 bridgehead atoms. The predicted molar refractivity (Wildman–Crippen MR) is 118 cm³/mol. The van der Waals surface area contributed by atoms with Gasteiger partial charge in [0.25, 0.3) is 5.91 Å². The molecule has 13 heteroatoms. The van der Waals surface area contributed by atoms with Crippen molar-refractivity contribution >= 4 is 11.8 Å². The van der Waals surface area contributed by atoms with Gasteiger partial charge in [-0.2, -0.15) is 13.2 Å². The van der Waals surface area contributed by atoms with Crippen LogP contribution in [0.25, 0.3) is 0 Å². The third-order valence-corrected chi connectivity index (χ3v) is 5.46. The van der Waals surface area contributed by atoms with E-state index >= 15 is 0 Å². The van der Waals surface area contributed by atoms with Crippen molar-refractivity contribution in [2.45, 2.75) is 37.5 Å². The van der Waals surface area contributed by atoms with Crippen LogP contribution >= 0.6 is 0 Å². The Balaban J connectivity index is 1.40. The summed E-state index contributed by atoms with van der Waals surface area (Å²) < 4.78 is 50.4. The molecule has 4 rings (SSSR count). The van der Waals surface area contributed by atoms with Crippen molar-refractivity contribution in [3.8, 4) is 17.2 Å². The van der Waals surface area contributed by atoms with Gasteiger partial charge in [-0.05, 0) is 38.0 Å². The van der Waals surface area contributed by atoms with Crippen LogP contribution in [0.3, 0.4) is 0 Å². The van der Waals surface area contributed by atoms with Gasteiger partial charge in [-0.1, -0.05) is 0 Å². The van der Waals surface area contributed by atoms with Crippen LogP contribution in [-0.4, -0.2) is 44.4 Å². The zero-order valence-electron chi connectivity index (χ0n) is 19.2. The molecule has 2 amide bonds. The third-order valence-electron chi connectivity index (χ3n) is 5.46. The Labute approximate surface area is 203 Å². The van der Waals surface area contributed by atoms with E-state index in [0.717, 1.165) is 12.1 Å². The summed E-state index contributed by atoms with van der Waals surface area (Å²) in [7, 11) is 1.26. The molecule has 3 aromatic rings. The summed E-state index contributed by atoms with van der Waals surface area (Å²) in [5.74, 6) is -1.09. The molecule has 1 aromatic carbocycles. The van der Waals surface area contributed by atoms with Crippen molar-refractivity contribution in [3.63, 3.8) is 0 Å². The van der Waals surface area contributed by atoms with Crippen LogP contribution in [0.2, 0.25) is 0 Å². The van der Waals surface area contributed by atoms with E-state index in [1.165, 1.54) is 44.3 Å². The number of benzene rings is 1.